The van der Waals surface area contributed by atoms with Gasteiger partial charge in [-0.2, -0.15) is 0 Å². The molecule has 0 spiro atoms. The van der Waals surface area contributed by atoms with E-state index in [0.29, 0.717) is 6.54 Å². The van der Waals surface area contributed by atoms with E-state index in [4.69, 9.17) is 0 Å². The molecule has 0 aliphatic rings. The number of rotatable bonds is 4. The van der Waals surface area contributed by atoms with Crippen LogP contribution in [0.2, 0.25) is 0 Å². The van der Waals surface area contributed by atoms with E-state index in [9.17, 15) is 4.79 Å². The maximum Gasteiger partial charge on any atom is 0.315 e. The van der Waals surface area contributed by atoms with Gasteiger partial charge >= 0.3 is 6.03 Å². The highest BCUT2D eigenvalue weighted by atomic mass is 16.2. The van der Waals surface area contributed by atoms with Crippen molar-refractivity contribution in [1.29, 1.82) is 0 Å². The Labute approximate surface area is 158 Å². The Morgan fingerprint density at radius 1 is 0.926 bits per heavy atom. The number of carbonyl (C=O) groups excluding carboxylic acids is 1. The smallest absolute Gasteiger partial charge is 0.315 e. The predicted octanol–water partition coefficient (Wildman–Crippen LogP) is 4.95. The van der Waals surface area contributed by atoms with Crippen LogP contribution >= 0.6 is 0 Å². The van der Waals surface area contributed by atoms with E-state index in [1.807, 2.05) is 55.5 Å². The number of fused-ring (bicyclic) bond motifs is 2. The topological polar surface area (TPSA) is 54.0 Å². The molecule has 4 nitrogen and oxygen atoms in total. The standard InChI is InChI=1S/C23H21N3O/c1-16(20-13-5-8-17-7-2-3-12-21(17)20)26-23(27)25-15-19-10-4-9-18-11-6-14-24-22(18)19/h2-14,16H,15H2,1H3,(H2,25,26,27)/t16-/m0/s1. The number of benzene rings is 3. The van der Waals surface area contributed by atoms with Crippen molar-refractivity contribution < 1.29 is 4.79 Å². The average Bonchev–Trinajstić information content (AvgIpc) is 2.71. The molecular weight excluding hydrogens is 334 g/mol. The molecule has 4 aromatic rings. The Balaban J connectivity index is 1.46. The van der Waals surface area contributed by atoms with E-state index in [1.165, 1.54) is 5.39 Å². The van der Waals surface area contributed by atoms with Crippen LogP contribution in [0.3, 0.4) is 0 Å². The van der Waals surface area contributed by atoms with Crippen LogP contribution in [0.15, 0.2) is 79.0 Å². The first-order chi connectivity index (χ1) is 13.2. The van der Waals surface area contributed by atoms with Crippen molar-refractivity contribution in [2.75, 3.05) is 0 Å². The first kappa shape index (κ1) is 17.0. The molecule has 0 aliphatic heterocycles. The van der Waals surface area contributed by atoms with E-state index in [-0.39, 0.29) is 12.1 Å². The molecule has 4 heteroatoms. The quantitative estimate of drug-likeness (QED) is 0.544. The highest BCUT2D eigenvalue weighted by Gasteiger charge is 2.12. The summed E-state index contributed by atoms with van der Waals surface area (Å²) in [6.45, 7) is 2.43. The number of nitrogens with zero attached hydrogens (tertiary/aromatic N) is 1. The third-order valence-corrected chi connectivity index (χ3v) is 4.79. The maximum atomic E-state index is 12.4. The molecule has 2 N–H and O–H groups in total. The molecule has 0 fully saturated rings. The summed E-state index contributed by atoms with van der Waals surface area (Å²) in [6, 6.07) is 24.0. The summed E-state index contributed by atoms with van der Waals surface area (Å²) in [5, 5.41) is 9.39. The number of nitrogens with one attached hydrogen (secondary N) is 2. The summed E-state index contributed by atoms with van der Waals surface area (Å²) in [5.41, 5.74) is 3.03. The summed E-state index contributed by atoms with van der Waals surface area (Å²) >= 11 is 0. The molecule has 134 valence electrons. The number of amides is 2. The molecule has 0 radical (unpaired) electrons. The fourth-order valence-electron chi connectivity index (χ4n) is 3.44. The van der Waals surface area contributed by atoms with Gasteiger partial charge in [-0.1, -0.05) is 66.7 Å². The molecule has 4 rings (SSSR count). The molecule has 2 amide bonds. The summed E-state index contributed by atoms with van der Waals surface area (Å²) < 4.78 is 0. The van der Waals surface area contributed by atoms with Crippen molar-refractivity contribution in [2.24, 2.45) is 0 Å². The van der Waals surface area contributed by atoms with Crippen LogP contribution < -0.4 is 10.6 Å². The van der Waals surface area contributed by atoms with E-state index < -0.39 is 0 Å². The summed E-state index contributed by atoms with van der Waals surface area (Å²) in [7, 11) is 0. The largest absolute Gasteiger partial charge is 0.334 e. The third kappa shape index (κ3) is 3.60. The second kappa shape index (κ2) is 7.46. The minimum Gasteiger partial charge on any atom is -0.334 e. The lowest BCUT2D eigenvalue weighted by molar-refractivity contribution is 0.237. The molecule has 0 saturated heterocycles. The number of carbonyl (C=O) groups is 1. The van der Waals surface area contributed by atoms with Crippen LogP contribution in [0.5, 0.6) is 0 Å². The number of urea groups is 1. The Morgan fingerprint density at radius 2 is 1.67 bits per heavy atom. The first-order valence-corrected chi connectivity index (χ1v) is 9.07. The van der Waals surface area contributed by atoms with Crippen molar-refractivity contribution in [2.45, 2.75) is 19.5 Å². The van der Waals surface area contributed by atoms with Crippen LogP contribution in [0.4, 0.5) is 4.79 Å². The molecule has 0 bridgehead atoms. The van der Waals surface area contributed by atoms with Gasteiger partial charge in [0.2, 0.25) is 0 Å². The van der Waals surface area contributed by atoms with Gasteiger partial charge in [-0.25, -0.2) is 4.79 Å². The molecule has 3 aromatic carbocycles. The molecule has 1 atom stereocenters. The molecule has 1 heterocycles. The second-order valence-corrected chi connectivity index (χ2v) is 6.61. The summed E-state index contributed by atoms with van der Waals surface area (Å²) in [6.07, 6.45) is 1.77. The fourth-order valence-corrected chi connectivity index (χ4v) is 3.44. The van der Waals surface area contributed by atoms with Crippen molar-refractivity contribution in [3.05, 3.63) is 90.1 Å². The first-order valence-electron chi connectivity index (χ1n) is 9.07. The Morgan fingerprint density at radius 3 is 2.59 bits per heavy atom. The third-order valence-electron chi connectivity index (χ3n) is 4.79. The lowest BCUT2D eigenvalue weighted by atomic mass is 10.00. The summed E-state index contributed by atoms with van der Waals surface area (Å²) in [4.78, 5) is 16.9. The van der Waals surface area contributed by atoms with E-state index in [1.54, 1.807) is 6.20 Å². The zero-order chi connectivity index (χ0) is 18.6. The van der Waals surface area contributed by atoms with Gasteiger partial charge in [0.15, 0.2) is 0 Å². The van der Waals surface area contributed by atoms with Gasteiger partial charge in [0.05, 0.1) is 11.6 Å². The van der Waals surface area contributed by atoms with Gasteiger partial charge in [0.1, 0.15) is 0 Å². The van der Waals surface area contributed by atoms with Gasteiger partial charge in [-0.3, -0.25) is 4.98 Å². The molecule has 0 unspecified atom stereocenters. The van der Waals surface area contributed by atoms with E-state index in [0.717, 1.165) is 27.4 Å². The van der Waals surface area contributed by atoms with Gasteiger partial charge in [0, 0.05) is 18.1 Å². The monoisotopic (exact) mass is 355 g/mol. The summed E-state index contributed by atoms with van der Waals surface area (Å²) in [5.74, 6) is 0. The van der Waals surface area contributed by atoms with Gasteiger partial charge in [-0.15, -0.1) is 0 Å². The number of para-hydroxylation sites is 1. The van der Waals surface area contributed by atoms with Crippen LogP contribution in [-0.2, 0) is 6.54 Å². The molecule has 1 aromatic heterocycles. The Bertz CT molecular complexity index is 1100. The predicted molar refractivity (Wildman–Crippen MR) is 109 cm³/mol. The van der Waals surface area contributed by atoms with Crippen molar-refractivity contribution in [1.82, 2.24) is 15.6 Å². The average molecular weight is 355 g/mol. The highest BCUT2D eigenvalue weighted by molar-refractivity contribution is 5.87. The Kier molecular flexibility index (Phi) is 4.71. The maximum absolute atomic E-state index is 12.4. The normalized spacial score (nSPS) is 12.0. The van der Waals surface area contributed by atoms with Gasteiger partial charge in [0.25, 0.3) is 0 Å². The van der Waals surface area contributed by atoms with E-state index in [2.05, 4.69) is 39.9 Å². The van der Waals surface area contributed by atoms with Crippen molar-refractivity contribution in [3.63, 3.8) is 0 Å². The van der Waals surface area contributed by atoms with Crippen LogP contribution in [0.1, 0.15) is 24.1 Å². The zero-order valence-corrected chi connectivity index (χ0v) is 15.1. The highest BCUT2D eigenvalue weighted by Crippen LogP contribution is 2.24. The lowest BCUT2D eigenvalue weighted by Gasteiger charge is -2.17. The van der Waals surface area contributed by atoms with Crippen LogP contribution in [0.25, 0.3) is 21.7 Å². The number of hydrogen-bond acceptors (Lipinski definition) is 2. The van der Waals surface area contributed by atoms with Crippen LogP contribution in [-0.4, -0.2) is 11.0 Å². The van der Waals surface area contributed by atoms with Gasteiger partial charge < -0.3 is 10.6 Å². The fraction of sp³-hybridized carbons (Fsp3) is 0.130. The zero-order valence-electron chi connectivity index (χ0n) is 15.1. The SMILES string of the molecule is C[C@H](NC(=O)NCc1cccc2cccnc12)c1cccc2ccccc12. The van der Waals surface area contributed by atoms with E-state index >= 15 is 0 Å². The molecule has 0 aliphatic carbocycles. The minimum atomic E-state index is -0.191. The molecule has 0 saturated carbocycles. The minimum absolute atomic E-state index is 0.0956. The number of hydrogen-bond donors (Lipinski definition) is 2. The Hall–Kier alpha value is -3.40. The molecule has 27 heavy (non-hydrogen) atoms. The van der Waals surface area contributed by atoms with Gasteiger partial charge in [-0.05, 0) is 34.9 Å². The lowest BCUT2D eigenvalue weighted by Crippen LogP contribution is -2.36. The second-order valence-electron chi connectivity index (χ2n) is 6.61. The van der Waals surface area contributed by atoms with Crippen molar-refractivity contribution >= 4 is 27.7 Å². The number of aromatic nitrogens is 1. The van der Waals surface area contributed by atoms with Crippen molar-refractivity contribution in [3.8, 4) is 0 Å². The molecular formula is C23H21N3O. The number of pyridine rings is 1. The van der Waals surface area contributed by atoms with Crippen LogP contribution in [0, 0.1) is 0 Å².